The number of benzene rings is 1. The van der Waals surface area contributed by atoms with Gasteiger partial charge in [0.15, 0.2) is 6.29 Å². The molecule has 0 amide bonds. The monoisotopic (exact) mass is 306 g/mol. The van der Waals surface area contributed by atoms with E-state index < -0.39 is 5.97 Å². The Morgan fingerprint density at radius 3 is 2.50 bits per heavy atom. The van der Waals surface area contributed by atoms with Crippen LogP contribution in [0, 0.1) is 0 Å². The normalized spacial score (nSPS) is 12.1. The number of ether oxygens (including phenoxy) is 3. The fourth-order valence-electron chi connectivity index (χ4n) is 1.70. The molecule has 1 rings (SSSR count). The van der Waals surface area contributed by atoms with Crippen LogP contribution in [-0.4, -0.2) is 31.3 Å². The molecule has 1 atom stereocenters. The zero-order chi connectivity index (χ0) is 16.4. The maximum absolute atomic E-state index is 11.2. The molecule has 0 fully saturated rings. The lowest BCUT2D eigenvalue weighted by molar-refractivity contribution is -0.144. The molecule has 120 valence electrons. The Kier molecular flexibility index (Phi) is 7.92. The summed E-state index contributed by atoms with van der Waals surface area (Å²) in [6.45, 7) is 5.85. The second-order valence-electron chi connectivity index (χ2n) is 4.67. The van der Waals surface area contributed by atoms with Crippen LogP contribution in [0.3, 0.4) is 0 Å². The minimum atomic E-state index is -0.509. The van der Waals surface area contributed by atoms with E-state index in [4.69, 9.17) is 14.2 Å². The van der Waals surface area contributed by atoms with Crippen LogP contribution in [0.2, 0.25) is 0 Å². The summed E-state index contributed by atoms with van der Waals surface area (Å²) in [6.07, 6.45) is 3.08. The first-order valence-corrected chi connectivity index (χ1v) is 7.21. The second-order valence-corrected chi connectivity index (χ2v) is 4.67. The van der Waals surface area contributed by atoms with Gasteiger partial charge in [0, 0.05) is 6.61 Å². The molecule has 0 heterocycles. The van der Waals surface area contributed by atoms with Crippen molar-refractivity contribution in [1.29, 1.82) is 0 Å². The quantitative estimate of drug-likeness (QED) is 0.399. The highest BCUT2D eigenvalue weighted by Crippen LogP contribution is 2.15. The van der Waals surface area contributed by atoms with Gasteiger partial charge < -0.3 is 14.2 Å². The maximum Gasteiger partial charge on any atom is 0.313 e. The zero-order valence-electron chi connectivity index (χ0n) is 13.2. The number of rotatable bonds is 9. The van der Waals surface area contributed by atoms with E-state index in [0.717, 1.165) is 11.3 Å². The standard InChI is InChI=1S/C17H22O5/c1-4-20-14(3)22-16-9-7-15(8-10-16)6-5-11-21-17(19)12-13(2)18/h5-10,14H,4,11-12H2,1-3H3/b6-5+. The van der Waals surface area contributed by atoms with E-state index in [0.29, 0.717) is 6.61 Å². The van der Waals surface area contributed by atoms with Gasteiger partial charge in [0.25, 0.3) is 0 Å². The topological polar surface area (TPSA) is 61.8 Å². The van der Waals surface area contributed by atoms with Gasteiger partial charge in [-0.1, -0.05) is 18.2 Å². The Balaban J connectivity index is 2.39. The van der Waals surface area contributed by atoms with E-state index in [1.807, 2.05) is 44.2 Å². The van der Waals surface area contributed by atoms with Gasteiger partial charge in [-0.2, -0.15) is 0 Å². The van der Waals surface area contributed by atoms with E-state index in [2.05, 4.69) is 0 Å². The predicted octanol–water partition coefficient (Wildman–Crippen LogP) is 2.98. The van der Waals surface area contributed by atoms with Crippen molar-refractivity contribution in [2.75, 3.05) is 13.2 Å². The summed E-state index contributed by atoms with van der Waals surface area (Å²) in [7, 11) is 0. The number of carbonyl (C=O) groups is 2. The third kappa shape index (κ3) is 7.59. The lowest BCUT2D eigenvalue weighted by Gasteiger charge is -2.14. The Hall–Kier alpha value is -2.14. The van der Waals surface area contributed by atoms with Gasteiger partial charge in [0.1, 0.15) is 24.6 Å². The van der Waals surface area contributed by atoms with Crippen molar-refractivity contribution < 1.29 is 23.8 Å². The summed E-state index contributed by atoms with van der Waals surface area (Å²) < 4.78 is 15.7. The molecule has 5 heteroatoms. The summed E-state index contributed by atoms with van der Waals surface area (Å²) >= 11 is 0. The van der Waals surface area contributed by atoms with E-state index in [1.54, 1.807) is 6.08 Å². The molecule has 1 unspecified atom stereocenters. The first kappa shape index (κ1) is 17.9. The second kappa shape index (κ2) is 9.73. The molecule has 0 saturated carbocycles. The number of hydrogen-bond acceptors (Lipinski definition) is 5. The number of carbonyl (C=O) groups excluding carboxylic acids is 2. The first-order valence-electron chi connectivity index (χ1n) is 7.21. The van der Waals surface area contributed by atoms with E-state index in [9.17, 15) is 9.59 Å². The largest absolute Gasteiger partial charge is 0.465 e. The lowest BCUT2D eigenvalue weighted by atomic mass is 10.2. The third-order valence-corrected chi connectivity index (χ3v) is 2.63. The Morgan fingerprint density at radius 1 is 1.23 bits per heavy atom. The molecule has 5 nitrogen and oxygen atoms in total. The summed E-state index contributed by atoms with van der Waals surface area (Å²) in [5, 5.41) is 0. The summed E-state index contributed by atoms with van der Waals surface area (Å²) in [5.74, 6) is 0.0163. The Bertz CT molecular complexity index is 504. The lowest BCUT2D eigenvalue weighted by Crippen LogP contribution is -2.15. The first-order chi connectivity index (χ1) is 10.5. The van der Waals surface area contributed by atoms with Crippen molar-refractivity contribution in [3.05, 3.63) is 35.9 Å². The Labute approximate surface area is 130 Å². The van der Waals surface area contributed by atoms with Crippen LogP contribution in [0.5, 0.6) is 5.75 Å². The SMILES string of the molecule is CCOC(C)Oc1ccc(/C=C/COC(=O)CC(C)=O)cc1. The number of esters is 1. The zero-order valence-corrected chi connectivity index (χ0v) is 13.2. The molecule has 0 aliphatic heterocycles. The minimum Gasteiger partial charge on any atom is -0.465 e. The predicted molar refractivity (Wildman–Crippen MR) is 83.4 cm³/mol. The van der Waals surface area contributed by atoms with Crippen LogP contribution in [0.15, 0.2) is 30.3 Å². The van der Waals surface area contributed by atoms with Crippen molar-refractivity contribution in [2.24, 2.45) is 0 Å². The molecule has 1 aromatic rings. The fraction of sp³-hybridized carbons (Fsp3) is 0.412. The molecular weight excluding hydrogens is 284 g/mol. The Morgan fingerprint density at radius 2 is 1.91 bits per heavy atom. The van der Waals surface area contributed by atoms with Crippen molar-refractivity contribution in [3.63, 3.8) is 0 Å². The van der Waals surface area contributed by atoms with Gasteiger partial charge >= 0.3 is 5.97 Å². The van der Waals surface area contributed by atoms with Crippen LogP contribution in [0.25, 0.3) is 6.08 Å². The van der Waals surface area contributed by atoms with Gasteiger partial charge in [-0.15, -0.1) is 0 Å². The van der Waals surface area contributed by atoms with Crippen molar-refractivity contribution in [3.8, 4) is 5.75 Å². The molecule has 0 radical (unpaired) electrons. The molecule has 0 spiro atoms. The molecule has 1 aromatic carbocycles. The maximum atomic E-state index is 11.2. The molecule has 0 N–H and O–H groups in total. The van der Waals surface area contributed by atoms with E-state index in [-0.39, 0.29) is 25.1 Å². The number of hydrogen-bond donors (Lipinski definition) is 0. The molecule has 0 aliphatic carbocycles. The summed E-state index contributed by atoms with van der Waals surface area (Å²) in [5.41, 5.74) is 0.957. The highest BCUT2D eigenvalue weighted by atomic mass is 16.7. The van der Waals surface area contributed by atoms with Crippen LogP contribution < -0.4 is 4.74 Å². The average Bonchev–Trinajstić information content (AvgIpc) is 2.45. The summed E-state index contributed by atoms with van der Waals surface area (Å²) in [6, 6.07) is 7.47. The fourth-order valence-corrected chi connectivity index (χ4v) is 1.70. The van der Waals surface area contributed by atoms with Crippen molar-refractivity contribution >= 4 is 17.8 Å². The van der Waals surface area contributed by atoms with Crippen LogP contribution >= 0.6 is 0 Å². The average molecular weight is 306 g/mol. The van der Waals surface area contributed by atoms with Crippen LogP contribution in [0.1, 0.15) is 32.8 Å². The summed E-state index contributed by atoms with van der Waals surface area (Å²) in [4.78, 5) is 21.9. The minimum absolute atomic E-state index is 0.145. The molecule has 0 aromatic heterocycles. The van der Waals surface area contributed by atoms with Gasteiger partial charge in [-0.05, 0) is 44.5 Å². The number of Topliss-reactive ketones (excluding diaryl/α,β-unsaturated/α-hetero) is 1. The number of ketones is 1. The van der Waals surface area contributed by atoms with Gasteiger partial charge in [0.05, 0.1) is 0 Å². The van der Waals surface area contributed by atoms with Crippen LogP contribution in [-0.2, 0) is 19.1 Å². The third-order valence-electron chi connectivity index (χ3n) is 2.63. The molecule has 0 bridgehead atoms. The van der Waals surface area contributed by atoms with Gasteiger partial charge in [0.2, 0.25) is 0 Å². The smallest absolute Gasteiger partial charge is 0.313 e. The van der Waals surface area contributed by atoms with Crippen LogP contribution in [0.4, 0.5) is 0 Å². The van der Waals surface area contributed by atoms with E-state index in [1.165, 1.54) is 6.92 Å². The molecule has 22 heavy (non-hydrogen) atoms. The highest BCUT2D eigenvalue weighted by Gasteiger charge is 2.04. The van der Waals surface area contributed by atoms with Crippen molar-refractivity contribution in [1.82, 2.24) is 0 Å². The molecule has 0 saturated heterocycles. The highest BCUT2D eigenvalue weighted by molar-refractivity contribution is 5.94. The van der Waals surface area contributed by atoms with E-state index >= 15 is 0 Å². The van der Waals surface area contributed by atoms with Crippen molar-refractivity contribution in [2.45, 2.75) is 33.5 Å². The van der Waals surface area contributed by atoms with Gasteiger partial charge in [-0.3, -0.25) is 9.59 Å². The molecule has 0 aliphatic rings. The van der Waals surface area contributed by atoms with Gasteiger partial charge in [-0.25, -0.2) is 0 Å². The molecular formula is C17H22O5.